The lowest BCUT2D eigenvalue weighted by atomic mass is 10.1. The molecular formula is C9H7BrF2O2. The van der Waals surface area contributed by atoms with Gasteiger partial charge in [0.05, 0.1) is 11.6 Å². The number of halogens is 3. The van der Waals surface area contributed by atoms with E-state index in [0.717, 1.165) is 0 Å². The van der Waals surface area contributed by atoms with Crippen LogP contribution in [0.2, 0.25) is 0 Å². The monoisotopic (exact) mass is 264 g/mol. The topological polar surface area (TPSA) is 26.3 Å². The number of aldehydes is 1. The number of hydrogen-bond acceptors (Lipinski definition) is 2. The first kappa shape index (κ1) is 11.1. The van der Waals surface area contributed by atoms with Crippen LogP contribution in [-0.2, 0) is 11.2 Å². The molecule has 0 saturated heterocycles. The third-order valence-electron chi connectivity index (χ3n) is 1.70. The molecule has 5 heteroatoms. The van der Waals surface area contributed by atoms with Crippen molar-refractivity contribution >= 4 is 22.2 Å². The zero-order valence-corrected chi connectivity index (χ0v) is 8.90. The molecule has 76 valence electrons. The molecular weight excluding hydrogens is 258 g/mol. The molecule has 0 unspecified atom stereocenters. The number of hydrogen-bond donors (Lipinski definition) is 0. The van der Waals surface area contributed by atoms with Crippen molar-refractivity contribution in [3.05, 3.63) is 27.7 Å². The van der Waals surface area contributed by atoms with Crippen LogP contribution in [0.4, 0.5) is 8.78 Å². The maximum absolute atomic E-state index is 13.2. The van der Waals surface area contributed by atoms with E-state index in [2.05, 4.69) is 20.7 Å². The third-order valence-corrected chi connectivity index (χ3v) is 2.28. The molecule has 0 saturated carbocycles. The van der Waals surface area contributed by atoms with E-state index < -0.39 is 11.6 Å². The normalized spacial score (nSPS) is 10.0. The van der Waals surface area contributed by atoms with E-state index in [9.17, 15) is 13.6 Å². The van der Waals surface area contributed by atoms with Gasteiger partial charge < -0.3 is 9.53 Å². The molecule has 0 N–H and O–H groups in total. The Kier molecular flexibility index (Phi) is 3.57. The zero-order chi connectivity index (χ0) is 10.7. The highest BCUT2D eigenvalue weighted by Crippen LogP contribution is 2.30. The second-order valence-electron chi connectivity index (χ2n) is 2.55. The number of carbonyl (C=O) groups is 1. The van der Waals surface area contributed by atoms with E-state index >= 15 is 0 Å². The summed E-state index contributed by atoms with van der Waals surface area (Å²) < 4.78 is 30.9. The Labute approximate surface area is 88.0 Å². The number of benzene rings is 1. The van der Waals surface area contributed by atoms with Gasteiger partial charge in [-0.15, -0.1) is 0 Å². The summed E-state index contributed by atoms with van der Waals surface area (Å²) in [6.45, 7) is 0. The molecule has 14 heavy (non-hydrogen) atoms. The first-order valence-corrected chi connectivity index (χ1v) is 4.55. The molecule has 0 radical (unpaired) electrons. The van der Waals surface area contributed by atoms with Crippen LogP contribution in [0.25, 0.3) is 0 Å². The number of rotatable bonds is 3. The van der Waals surface area contributed by atoms with Crippen molar-refractivity contribution < 1.29 is 18.3 Å². The number of carbonyl (C=O) groups excluding carboxylic acids is 1. The highest BCUT2D eigenvalue weighted by atomic mass is 79.9. The second kappa shape index (κ2) is 4.50. The Hall–Kier alpha value is -0.970. The van der Waals surface area contributed by atoms with Crippen molar-refractivity contribution in [3.63, 3.8) is 0 Å². The number of methoxy groups -OCH3 is 1. The smallest absolute Gasteiger partial charge is 0.202 e. The van der Waals surface area contributed by atoms with Gasteiger partial charge in [0.1, 0.15) is 6.29 Å². The summed E-state index contributed by atoms with van der Waals surface area (Å²) in [6.07, 6.45) is 0.584. The lowest BCUT2D eigenvalue weighted by molar-refractivity contribution is -0.107. The van der Waals surface area contributed by atoms with E-state index in [1.807, 2.05) is 0 Å². The van der Waals surface area contributed by atoms with Gasteiger partial charge in [0.15, 0.2) is 11.6 Å². The average Bonchev–Trinajstić information content (AvgIpc) is 2.16. The minimum absolute atomic E-state index is 0.0149. The molecule has 0 amide bonds. The molecule has 1 aromatic rings. The molecule has 1 aromatic carbocycles. The van der Waals surface area contributed by atoms with Gasteiger partial charge in [-0.1, -0.05) is 0 Å². The van der Waals surface area contributed by atoms with Crippen molar-refractivity contribution in [2.45, 2.75) is 6.42 Å². The van der Waals surface area contributed by atoms with E-state index in [4.69, 9.17) is 0 Å². The van der Waals surface area contributed by atoms with Crippen molar-refractivity contribution in [2.75, 3.05) is 7.11 Å². The Morgan fingerprint density at radius 1 is 1.50 bits per heavy atom. The van der Waals surface area contributed by atoms with Crippen molar-refractivity contribution in [1.29, 1.82) is 0 Å². The molecule has 1 rings (SSSR count). The van der Waals surface area contributed by atoms with Crippen LogP contribution in [0.1, 0.15) is 5.56 Å². The van der Waals surface area contributed by atoms with Gasteiger partial charge in [0.25, 0.3) is 0 Å². The van der Waals surface area contributed by atoms with E-state index in [1.54, 1.807) is 0 Å². The van der Waals surface area contributed by atoms with Crippen molar-refractivity contribution in [2.24, 2.45) is 0 Å². The first-order valence-electron chi connectivity index (χ1n) is 3.75. The van der Waals surface area contributed by atoms with Crippen LogP contribution in [0.3, 0.4) is 0 Å². The van der Waals surface area contributed by atoms with Gasteiger partial charge in [0.2, 0.25) is 5.82 Å². The largest absolute Gasteiger partial charge is 0.493 e. The Morgan fingerprint density at radius 3 is 2.64 bits per heavy atom. The van der Waals surface area contributed by atoms with Crippen LogP contribution in [0.5, 0.6) is 5.75 Å². The Morgan fingerprint density at radius 2 is 2.14 bits per heavy atom. The summed E-state index contributed by atoms with van der Waals surface area (Å²) in [5.74, 6) is -2.33. The molecule has 0 atom stereocenters. The summed E-state index contributed by atoms with van der Waals surface area (Å²) in [4.78, 5) is 10.3. The minimum Gasteiger partial charge on any atom is -0.493 e. The maximum atomic E-state index is 13.2. The van der Waals surface area contributed by atoms with Crippen LogP contribution in [-0.4, -0.2) is 13.4 Å². The van der Waals surface area contributed by atoms with Gasteiger partial charge in [-0.2, -0.15) is 4.39 Å². The molecule has 0 aliphatic rings. The molecule has 2 nitrogen and oxygen atoms in total. The summed E-state index contributed by atoms with van der Waals surface area (Å²) in [6, 6.07) is 1.33. The Bertz CT molecular complexity index is 366. The highest BCUT2D eigenvalue weighted by molar-refractivity contribution is 9.10. The summed E-state index contributed by atoms with van der Waals surface area (Å²) >= 11 is 2.84. The minimum atomic E-state index is -1.08. The fraction of sp³-hybridized carbons (Fsp3) is 0.222. The molecule has 0 bridgehead atoms. The van der Waals surface area contributed by atoms with Gasteiger partial charge in [-0.3, -0.25) is 0 Å². The van der Waals surface area contributed by atoms with Gasteiger partial charge in [0, 0.05) is 12.0 Å². The fourth-order valence-electron chi connectivity index (χ4n) is 1.09. The maximum Gasteiger partial charge on any atom is 0.202 e. The fourth-order valence-corrected chi connectivity index (χ4v) is 1.54. The van der Waals surface area contributed by atoms with Crippen LogP contribution in [0.15, 0.2) is 10.5 Å². The van der Waals surface area contributed by atoms with Gasteiger partial charge in [-0.05, 0) is 22.0 Å². The summed E-state index contributed by atoms with van der Waals surface area (Å²) in [5, 5.41) is 0. The van der Waals surface area contributed by atoms with E-state index in [1.165, 1.54) is 13.2 Å². The lowest BCUT2D eigenvalue weighted by Gasteiger charge is -2.08. The van der Waals surface area contributed by atoms with Gasteiger partial charge >= 0.3 is 0 Å². The van der Waals surface area contributed by atoms with Crippen molar-refractivity contribution in [3.8, 4) is 5.75 Å². The van der Waals surface area contributed by atoms with E-state index in [-0.39, 0.29) is 16.6 Å². The Balaban J connectivity index is 3.35. The zero-order valence-electron chi connectivity index (χ0n) is 7.31. The molecule has 0 spiro atoms. The van der Waals surface area contributed by atoms with Crippen molar-refractivity contribution in [1.82, 2.24) is 0 Å². The standard InChI is InChI=1S/C9H7BrF2O2/c1-14-9-5(2-3-13)4-6(10)7(11)8(9)12/h3-4H,2H2,1H3. The molecule has 0 fully saturated rings. The molecule has 0 aromatic heterocycles. The van der Waals surface area contributed by atoms with E-state index in [0.29, 0.717) is 11.8 Å². The predicted octanol–water partition coefficient (Wildman–Crippen LogP) is 2.48. The third kappa shape index (κ3) is 1.92. The predicted molar refractivity (Wildman–Crippen MR) is 50.4 cm³/mol. The SMILES string of the molecule is COc1c(CC=O)cc(Br)c(F)c1F. The first-order chi connectivity index (χ1) is 6.61. The lowest BCUT2D eigenvalue weighted by Crippen LogP contribution is -2.00. The summed E-state index contributed by atoms with van der Waals surface area (Å²) in [7, 11) is 1.22. The summed E-state index contributed by atoms with van der Waals surface area (Å²) in [5.41, 5.74) is 0.313. The van der Waals surface area contributed by atoms with Crippen LogP contribution >= 0.6 is 15.9 Å². The van der Waals surface area contributed by atoms with Crippen LogP contribution < -0.4 is 4.74 Å². The van der Waals surface area contributed by atoms with Crippen LogP contribution in [0, 0.1) is 11.6 Å². The quantitative estimate of drug-likeness (QED) is 0.620. The molecule has 0 heterocycles. The number of ether oxygens (including phenoxy) is 1. The highest BCUT2D eigenvalue weighted by Gasteiger charge is 2.17. The second-order valence-corrected chi connectivity index (χ2v) is 3.40. The molecule has 0 aliphatic heterocycles. The van der Waals surface area contributed by atoms with Gasteiger partial charge in [-0.25, -0.2) is 4.39 Å². The molecule has 0 aliphatic carbocycles. The average molecular weight is 265 g/mol.